The van der Waals surface area contributed by atoms with E-state index >= 15 is 0 Å². The van der Waals surface area contributed by atoms with Crippen LogP contribution in [0.1, 0.15) is 21.9 Å². The van der Waals surface area contributed by atoms with Gasteiger partial charge in [-0.15, -0.1) is 0 Å². The molecule has 3 rings (SSSR count). The van der Waals surface area contributed by atoms with Gasteiger partial charge in [-0.2, -0.15) is 0 Å². The molecule has 0 saturated carbocycles. The predicted octanol–water partition coefficient (Wildman–Crippen LogP) is 4.11. The molecule has 0 radical (unpaired) electrons. The second-order valence-electron chi connectivity index (χ2n) is 6.20. The summed E-state index contributed by atoms with van der Waals surface area (Å²) in [5.41, 5.74) is 2.78. The molecular formula is C21H22N4O3. The standard InChI is InChI=1S/C21H22N4O3/c1-13-5-7-15(8-6-13)24-20-12-18(22-14(2)23-20)21(26)25-17-11-16(27-3)9-10-19(17)28-4/h5-12H,1-4H3,(H,25,26)(H,22,23,24). The average Bonchev–Trinajstić information content (AvgIpc) is 2.69. The minimum absolute atomic E-state index is 0.243. The van der Waals surface area contributed by atoms with Crippen LogP contribution in [-0.4, -0.2) is 30.1 Å². The number of hydrogen-bond donors (Lipinski definition) is 2. The summed E-state index contributed by atoms with van der Waals surface area (Å²) in [5, 5.41) is 6.01. The van der Waals surface area contributed by atoms with Crippen molar-refractivity contribution >= 4 is 23.1 Å². The van der Waals surface area contributed by atoms with Gasteiger partial charge in [0.1, 0.15) is 28.8 Å². The maximum atomic E-state index is 12.8. The van der Waals surface area contributed by atoms with Gasteiger partial charge in [0.25, 0.3) is 5.91 Å². The fraction of sp³-hybridized carbons (Fsp3) is 0.190. The number of hydrogen-bond acceptors (Lipinski definition) is 6. The maximum Gasteiger partial charge on any atom is 0.274 e. The number of nitrogens with one attached hydrogen (secondary N) is 2. The van der Waals surface area contributed by atoms with Crippen molar-refractivity contribution in [3.63, 3.8) is 0 Å². The monoisotopic (exact) mass is 378 g/mol. The van der Waals surface area contributed by atoms with E-state index in [1.165, 1.54) is 7.11 Å². The highest BCUT2D eigenvalue weighted by atomic mass is 16.5. The lowest BCUT2D eigenvalue weighted by molar-refractivity contribution is 0.102. The van der Waals surface area contributed by atoms with E-state index in [9.17, 15) is 4.79 Å². The summed E-state index contributed by atoms with van der Waals surface area (Å²) in [6.07, 6.45) is 0. The lowest BCUT2D eigenvalue weighted by Crippen LogP contribution is -2.16. The Labute approximate surface area is 163 Å². The predicted molar refractivity (Wildman–Crippen MR) is 109 cm³/mol. The van der Waals surface area contributed by atoms with Gasteiger partial charge in [-0.1, -0.05) is 17.7 Å². The van der Waals surface area contributed by atoms with Crippen LogP contribution in [0.15, 0.2) is 48.5 Å². The van der Waals surface area contributed by atoms with Crippen molar-refractivity contribution in [2.24, 2.45) is 0 Å². The Balaban J connectivity index is 1.84. The molecule has 7 nitrogen and oxygen atoms in total. The Bertz CT molecular complexity index is 987. The summed E-state index contributed by atoms with van der Waals surface area (Å²) in [4.78, 5) is 21.4. The van der Waals surface area contributed by atoms with Crippen LogP contribution in [0.3, 0.4) is 0 Å². The molecule has 1 amide bonds. The van der Waals surface area contributed by atoms with E-state index in [2.05, 4.69) is 20.6 Å². The number of carbonyl (C=O) groups excluding carboxylic acids is 1. The van der Waals surface area contributed by atoms with E-state index in [1.54, 1.807) is 38.3 Å². The summed E-state index contributed by atoms with van der Waals surface area (Å²) < 4.78 is 10.5. The number of amides is 1. The molecule has 0 spiro atoms. The van der Waals surface area contributed by atoms with Crippen molar-refractivity contribution in [3.8, 4) is 11.5 Å². The van der Waals surface area contributed by atoms with Gasteiger partial charge >= 0.3 is 0 Å². The Morgan fingerprint density at radius 1 is 0.929 bits per heavy atom. The Kier molecular flexibility index (Phi) is 5.74. The molecule has 1 heterocycles. The largest absolute Gasteiger partial charge is 0.497 e. The molecule has 2 N–H and O–H groups in total. The number of aromatic nitrogens is 2. The van der Waals surface area contributed by atoms with Gasteiger partial charge in [-0.3, -0.25) is 4.79 Å². The molecule has 0 atom stereocenters. The van der Waals surface area contributed by atoms with Gasteiger partial charge in [0, 0.05) is 17.8 Å². The zero-order chi connectivity index (χ0) is 20.1. The van der Waals surface area contributed by atoms with E-state index in [-0.39, 0.29) is 11.6 Å². The van der Waals surface area contributed by atoms with Crippen molar-refractivity contribution < 1.29 is 14.3 Å². The number of anilines is 3. The molecule has 0 aliphatic carbocycles. The number of ether oxygens (including phenoxy) is 2. The van der Waals surface area contributed by atoms with Crippen LogP contribution in [-0.2, 0) is 0 Å². The SMILES string of the molecule is COc1ccc(OC)c(NC(=O)c2cc(Nc3ccc(C)cc3)nc(C)n2)c1. The van der Waals surface area contributed by atoms with E-state index in [4.69, 9.17) is 9.47 Å². The summed E-state index contributed by atoms with van der Waals surface area (Å²) in [6.45, 7) is 3.76. The van der Waals surface area contributed by atoms with Crippen molar-refractivity contribution in [2.75, 3.05) is 24.9 Å². The minimum atomic E-state index is -0.371. The quantitative estimate of drug-likeness (QED) is 0.671. The number of methoxy groups -OCH3 is 2. The lowest BCUT2D eigenvalue weighted by atomic mass is 10.2. The highest BCUT2D eigenvalue weighted by Gasteiger charge is 2.14. The topological polar surface area (TPSA) is 85.4 Å². The summed E-state index contributed by atoms with van der Waals surface area (Å²) in [7, 11) is 3.10. The summed E-state index contributed by atoms with van der Waals surface area (Å²) in [6, 6.07) is 14.7. The molecule has 3 aromatic rings. The van der Waals surface area contributed by atoms with E-state index in [1.807, 2.05) is 31.2 Å². The van der Waals surface area contributed by atoms with Crippen LogP contribution in [0, 0.1) is 13.8 Å². The third-order valence-electron chi connectivity index (χ3n) is 4.05. The van der Waals surface area contributed by atoms with Crippen LogP contribution < -0.4 is 20.1 Å². The average molecular weight is 378 g/mol. The van der Waals surface area contributed by atoms with Crippen LogP contribution in [0.2, 0.25) is 0 Å². The lowest BCUT2D eigenvalue weighted by Gasteiger charge is -2.12. The molecule has 28 heavy (non-hydrogen) atoms. The second-order valence-corrected chi connectivity index (χ2v) is 6.20. The van der Waals surface area contributed by atoms with Crippen LogP contribution in [0.25, 0.3) is 0 Å². The van der Waals surface area contributed by atoms with E-state index < -0.39 is 0 Å². The number of benzene rings is 2. The molecule has 0 saturated heterocycles. The molecular weight excluding hydrogens is 356 g/mol. The zero-order valence-corrected chi connectivity index (χ0v) is 16.2. The van der Waals surface area contributed by atoms with Crippen molar-refractivity contribution in [1.29, 1.82) is 0 Å². The number of aryl methyl sites for hydroxylation is 2. The summed E-state index contributed by atoms with van der Waals surface area (Å²) >= 11 is 0. The fourth-order valence-electron chi connectivity index (χ4n) is 2.63. The van der Waals surface area contributed by atoms with Crippen LogP contribution in [0.4, 0.5) is 17.2 Å². The molecule has 1 aromatic heterocycles. The smallest absolute Gasteiger partial charge is 0.274 e. The van der Waals surface area contributed by atoms with Crippen molar-refractivity contribution in [3.05, 3.63) is 65.6 Å². The van der Waals surface area contributed by atoms with Gasteiger partial charge in [0.2, 0.25) is 0 Å². The fourth-order valence-corrected chi connectivity index (χ4v) is 2.63. The van der Waals surface area contributed by atoms with E-state index in [0.29, 0.717) is 28.8 Å². The highest BCUT2D eigenvalue weighted by Crippen LogP contribution is 2.29. The van der Waals surface area contributed by atoms with Crippen molar-refractivity contribution in [1.82, 2.24) is 9.97 Å². The molecule has 0 aliphatic rings. The van der Waals surface area contributed by atoms with Gasteiger partial charge in [0.05, 0.1) is 19.9 Å². The first-order chi connectivity index (χ1) is 13.5. The highest BCUT2D eigenvalue weighted by molar-refractivity contribution is 6.04. The molecule has 0 fully saturated rings. The third-order valence-corrected chi connectivity index (χ3v) is 4.05. The number of carbonyl (C=O) groups is 1. The van der Waals surface area contributed by atoms with Gasteiger partial charge < -0.3 is 20.1 Å². The minimum Gasteiger partial charge on any atom is -0.497 e. The Morgan fingerprint density at radius 2 is 1.68 bits per heavy atom. The second kappa shape index (κ2) is 8.39. The zero-order valence-electron chi connectivity index (χ0n) is 16.2. The Morgan fingerprint density at radius 3 is 2.36 bits per heavy atom. The van der Waals surface area contributed by atoms with Gasteiger partial charge in [0.15, 0.2) is 0 Å². The van der Waals surface area contributed by atoms with E-state index in [0.717, 1.165) is 11.3 Å². The number of nitrogens with zero attached hydrogens (tertiary/aromatic N) is 2. The van der Waals surface area contributed by atoms with Gasteiger partial charge in [-0.05, 0) is 38.1 Å². The third kappa shape index (κ3) is 4.56. The normalized spacial score (nSPS) is 10.3. The first kappa shape index (κ1) is 19.2. The first-order valence-electron chi connectivity index (χ1n) is 8.71. The van der Waals surface area contributed by atoms with Crippen molar-refractivity contribution in [2.45, 2.75) is 13.8 Å². The molecule has 0 unspecified atom stereocenters. The molecule has 7 heteroatoms. The van der Waals surface area contributed by atoms with Crippen LogP contribution >= 0.6 is 0 Å². The molecule has 2 aromatic carbocycles. The number of rotatable bonds is 6. The summed E-state index contributed by atoms with van der Waals surface area (Å²) in [5.74, 6) is 1.79. The first-order valence-corrected chi connectivity index (χ1v) is 8.71. The Hall–Kier alpha value is -3.61. The molecule has 144 valence electrons. The maximum absolute atomic E-state index is 12.8. The molecule has 0 bridgehead atoms. The van der Waals surface area contributed by atoms with Gasteiger partial charge in [-0.25, -0.2) is 9.97 Å². The molecule has 0 aliphatic heterocycles. The van der Waals surface area contributed by atoms with Crippen LogP contribution in [0.5, 0.6) is 11.5 Å².